The van der Waals surface area contributed by atoms with Gasteiger partial charge in [-0.25, -0.2) is 0 Å². The van der Waals surface area contributed by atoms with Crippen molar-refractivity contribution < 1.29 is 19.1 Å². The van der Waals surface area contributed by atoms with Gasteiger partial charge in [0, 0.05) is 34.1 Å². The van der Waals surface area contributed by atoms with E-state index in [0.29, 0.717) is 24.3 Å². The van der Waals surface area contributed by atoms with Crippen LogP contribution in [0, 0.1) is 5.92 Å². The lowest BCUT2D eigenvalue weighted by Crippen LogP contribution is -2.19. The molecular formula is C19H14N4O4. The van der Waals surface area contributed by atoms with Crippen LogP contribution in [0.25, 0.3) is 10.4 Å². The van der Waals surface area contributed by atoms with Crippen LogP contribution < -0.4 is 14.8 Å². The second-order valence-corrected chi connectivity index (χ2v) is 6.79. The van der Waals surface area contributed by atoms with E-state index in [1.54, 1.807) is 0 Å². The van der Waals surface area contributed by atoms with Gasteiger partial charge in [-0.15, -0.1) is 0 Å². The number of benzene rings is 2. The molecule has 1 fully saturated rings. The zero-order valence-electron chi connectivity index (χ0n) is 14.1. The lowest BCUT2D eigenvalue weighted by molar-refractivity contribution is -0.120. The fourth-order valence-corrected chi connectivity index (χ4v) is 3.92. The smallest absolute Gasteiger partial charge is 0.226 e. The summed E-state index contributed by atoms with van der Waals surface area (Å²) in [7, 11) is 0. The molecule has 3 aliphatic rings. The molecule has 2 heterocycles. The molecule has 0 saturated heterocycles. The fraction of sp³-hybridized carbons (Fsp3) is 0.263. The van der Waals surface area contributed by atoms with E-state index in [1.165, 1.54) is 0 Å². The summed E-state index contributed by atoms with van der Waals surface area (Å²) in [6, 6.07) is 11.1. The largest absolute Gasteiger partial charge is 0.489 e. The standard InChI is InChI=1S/C19H14N4O4/c20-23-22-19(25)17-16-11-8-9(4-6-14(11)27-18(16)17)26-13-3-1-2-12-10(13)5-7-15(24)21-12/h1-4,6,8,16-18H,5,7H2,(H,21,24)/t16-,17-,18-/m0/s1. The maximum atomic E-state index is 11.8. The first-order valence-electron chi connectivity index (χ1n) is 8.65. The number of anilines is 1. The van der Waals surface area contributed by atoms with E-state index in [2.05, 4.69) is 15.3 Å². The summed E-state index contributed by atoms with van der Waals surface area (Å²) in [6.45, 7) is 0. The summed E-state index contributed by atoms with van der Waals surface area (Å²) in [5, 5.41) is 6.04. The second kappa shape index (κ2) is 5.75. The molecule has 2 aromatic carbocycles. The molecule has 3 atom stereocenters. The minimum atomic E-state index is -0.489. The van der Waals surface area contributed by atoms with Gasteiger partial charge in [0.05, 0.1) is 5.92 Å². The van der Waals surface area contributed by atoms with Crippen molar-refractivity contribution >= 4 is 17.5 Å². The third kappa shape index (κ3) is 2.50. The molecule has 134 valence electrons. The monoisotopic (exact) mass is 362 g/mol. The maximum Gasteiger partial charge on any atom is 0.226 e. The van der Waals surface area contributed by atoms with Gasteiger partial charge in [0.2, 0.25) is 11.8 Å². The van der Waals surface area contributed by atoms with Crippen molar-refractivity contribution in [3.63, 3.8) is 0 Å². The minimum absolute atomic E-state index is 0.00448. The van der Waals surface area contributed by atoms with Crippen LogP contribution in [0.2, 0.25) is 0 Å². The lowest BCUT2D eigenvalue weighted by Gasteiger charge is -2.20. The molecule has 0 unspecified atom stereocenters. The van der Waals surface area contributed by atoms with E-state index in [-0.39, 0.29) is 17.9 Å². The number of rotatable bonds is 3. The molecule has 8 heteroatoms. The van der Waals surface area contributed by atoms with Gasteiger partial charge in [-0.3, -0.25) is 9.59 Å². The third-order valence-electron chi connectivity index (χ3n) is 5.22. The fourth-order valence-electron chi connectivity index (χ4n) is 3.92. The van der Waals surface area contributed by atoms with E-state index in [1.807, 2.05) is 36.4 Å². The Morgan fingerprint density at radius 3 is 3.04 bits per heavy atom. The number of nitrogens with one attached hydrogen (secondary N) is 1. The van der Waals surface area contributed by atoms with Gasteiger partial charge in [0.1, 0.15) is 23.4 Å². The van der Waals surface area contributed by atoms with Gasteiger partial charge in [-0.1, -0.05) is 6.07 Å². The summed E-state index contributed by atoms with van der Waals surface area (Å²) >= 11 is 0. The van der Waals surface area contributed by atoms with Crippen LogP contribution in [0.4, 0.5) is 5.69 Å². The average Bonchev–Trinajstić information content (AvgIpc) is 3.25. The molecule has 2 aliphatic heterocycles. The highest BCUT2D eigenvalue weighted by molar-refractivity contribution is 5.94. The minimum Gasteiger partial charge on any atom is -0.489 e. The summed E-state index contributed by atoms with van der Waals surface area (Å²) < 4.78 is 11.8. The van der Waals surface area contributed by atoms with E-state index in [0.717, 1.165) is 22.6 Å². The predicted molar refractivity (Wildman–Crippen MR) is 94.7 cm³/mol. The number of ether oxygens (including phenoxy) is 2. The molecule has 27 heavy (non-hydrogen) atoms. The number of nitrogens with zero attached hydrogens (tertiary/aromatic N) is 3. The van der Waals surface area contributed by atoms with Crippen LogP contribution in [0.3, 0.4) is 0 Å². The number of azide groups is 1. The molecule has 0 radical (unpaired) electrons. The maximum absolute atomic E-state index is 11.8. The molecule has 1 N–H and O–H groups in total. The van der Waals surface area contributed by atoms with E-state index < -0.39 is 11.8 Å². The summed E-state index contributed by atoms with van der Waals surface area (Å²) in [6.07, 6.45) is 0.796. The van der Waals surface area contributed by atoms with Gasteiger partial charge in [-0.05, 0) is 47.4 Å². The van der Waals surface area contributed by atoms with Crippen LogP contribution in [-0.4, -0.2) is 17.9 Å². The molecule has 8 nitrogen and oxygen atoms in total. The van der Waals surface area contributed by atoms with E-state index in [9.17, 15) is 9.59 Å². The molecule has 2 amide bonds. The molecule has 0 aromatic heterocycles. The van der Waals surface area contributed by atoms with Crippen molar-refractivity contribution in [3.8, 4) is 17.2 Å². The van der Waals surface area contributed by atoms with Crippen molar-refractivity contribution in [2.24, 2.45) is 11.0 Å². The predicted octanol–water partition coefficient (Wildman–Crippen LogP) is 3.67. The summed E-state index contributed by atoms with van der Waals surface area (Å²) in [4.78, 5) is 26.0. The Bertz CT molecular complexity index is 1040. The number of carbonyl (C=O) groups is 2. The second-order valence-electron chi connectivity index (χ2n) is 6.79. The average molecular weight is 362 g/mol. The quantitative estimate of drug-likeness (QED) is 0.510. The summed E-state index contributed by atoms with van der Waals surface area (Å²) in [5.74, 6) is 1.06. The van der Waals surface area contributed by atoms with Crippen molar-refractivity contribution in [1.29, 1.82) is 0 Å². The Morgan fingerprint density at radius 1 is 1.30 bits per heavy atom. The van der Waals surface area contributed by atoms with Crippen molar-refractivity contribution in [2.75, 3.05) is 5.32 Å². The van der Waals surface area contributed by atoms with Gasteiger partial charge in [0.25, 0.3) is 0 Å². The van der Waals surface area contributed by atoms with E-state index in [4.69, 9.17) is 15.0 Å². The molecule has 1 saturated carbocycles. The third-order valence-corrected chi connectivity index (χ3v) is 5.22. The van der Waals surface area contributed by atoms with Gasteiger partial charge in [-0.2, -0.15) is 0 Å². The zero-order chi connectivity index (χ0) is 18.5. The summed E-state index contributed by atoms with van der Waals surface area (Å²) in [5.41, 5.74) is 11.1. The van der Waals surface area contributed by atoms with Crippen molar-refractivity contribution in [3.05, 3.63) is 58.0 Å². The highest BCUT2D eigenvalue weighted by Gasteiger charge is 2.62. The SMILES string of the molecule is [N-]=[N+]=NC(=O)[C@@H]1[C@H]2Oc3ccc(Oc4cccc5c4CCC(=O)N5)cc3[C@H]21. The normalized spacial score (nSPS) is 23.7. The zero-order valence-corrected chi connectivity index (χ0v) is 14.1. The number of amides is 2. The molecular weight excluding hydrogens is 348 g/mol. The first-order valence-corrected chi connectivity index (χ1v) is 8.65. The van der Waals surface area contributed by atoms with Gasteiger partial charge < -0.3 is 14.8 Å². The Hall–Kier alpha value is -3.51. The highest BCUT2D eigenvalue weighted by Crippen LogP contribution is 2.59. The Balaban J connectivity index is 1.42. The first kappa shape index (κ1) is 15.7. The van der Waals surface area contributed by atoms with Crippen LogP contribution in [0.5, 0.6) is 17.2 Å². The van der Waals surface area contributed by atoms with Gasteiger partial charge in [0.15, 0.2) is 0 Å². The number of hydrogen-bond donors (Lipinski definition) is 1. The topological polar surface area (TPSA) is 113 Å². The number of carbonyl (C=O) groups excluding carboxylic acids is 2. The van der Waals surface area contributed by atoms with Crippen LogP contribution in [-0.2, 0) is 16.0 Å². The molecule has 2 aromatic rings. The van der Waals surface area contributed by atoms with Crippen molar-refractivity contribution in [1.82, 2.24) is 0 Å². The van der Waals surface area contributed by atoms with Crippen LogP contribution in [0.1, 0.15) is 23.5 Å². The van der Waals surface area contributed by atoms with Crippen LogP contribution >= 0.6 is 0 Å². The van der Waals surface area contributed by atoms with Crippen LogP contribution in [0.15, 0.2) is 41.5 Å². The van der Waals surface area contributed by atoms with Crippen molar-refractivity contribution in [2.45, 2.75) is 24.9 Å². The Kier molecular flexibility index (Phi) is 3.35. The number of fused-ring (bicyclic) bond motifs is 4. The Labute approximate surface area is 153 Å². The molecule has 5 rings (SSSR count). The Morgan fingerprint density at radius 2 is 2.19 bits per heavy atom. The first-order chi connectivity index (χ1) is 13.2. The lowest BCUT2D eigenvalue weighted by atomic mass is 10.0. The molecule has 1 aliphatic carbocycles. The highest BCUT2D eigenvalue weighted by atomic mass is 16.5. The van der Waals surface area contributed by atoms with E-state index >= 15 is 0 Å². The molecule has 0 bridgehead atoms. The molecule has 0 spiro atoms. The number of hydrogen-bond acceptors (Lipinski definition) is 4. The van der Waals surface area contributed by atoms with Gasteiger partial charge >= 0.3 is 0 Å².